The molecule has 1 amide bonds. The number of para-hydroxylation sites is 1. The van der Waals surface area contributed by atoms with Crippen LogP contribution in [-0.4, -0.2) is 25.0 Å². The van der Waals surface area contributed by atoms with Crippen molar-refractivity contribution in [2.75, 3.05) is 19.1 Å². The highest BCUT2D eigenvalue weighted by Gasteiger charge is 2.15. The molecule has 3 rings (SSSR count). The van der Waals surface area contributed by atoms with Crippen LogP contribution in [0, 0.1) is 0 Å². The number of carbonyl (C=O) groups excluding carboxylic acids is 1. The second kappa shape index (κ2) is 5.85. The van der Waals surface area contributed by atoms with Gasteiger partial charge in [-0.15, -0.1) is 0 Å². The summed E-state index contributed by atoms with van der Waals surface area (Å²) < 4.78 is 5.19. The minimum Gasteiger partial charge on any atom is -0.497 e. The fraction of sp³-hybridized carbons (Fsp3) is 0.111. The number of hydrogen-bond acceptors (Lipinski definition) is 3. The van der Waals surface area contributed by atoms with Crippen molar-refractivity contribution in [2.24, 2.45) is 0 Å². The first-order chi connectivity index (χ1) is 10.7. The van der Waals surface area contributed by atoms with Crippen LogP contribution in [0.5, 0.6) is 5.75 Å². The van der Waals surface area contributed by atoms with Crippen LogP contribution in [-0.2, 0) is 0 Å². The molecule has 0 aliphatic heterocycles. The third-order valence-electron chi connectivity index (χ3n) is 3.56. The van der Waals surface area contributed by atoms with Gasteiger partial charge in [-0.1, -0.05) is 24.3 Å². The Morgan fingerprint density at radius 2 is 1.82 bits per heavy atom. The van der Waals surface area contributed by atoms with Crippen LogP contribution < -0.4 is 9.64 Å². The number of nitrogens with zero attached hydrogens (tertiary/aromatic N) is 2. The van der Waals surface area contributed by atoms with Gasteiger partial charge in [-0.25, -0.2) is 4.98 Å². The molecule has 0 saturated carbocycles. The maximum Gasteiger partial charge on any atom is 0.276 e. The van der Waals surface area contributed by atoms with E-state index in [0.29, 0.717) is 5.69 Å². The first-order valence-electron chi connectivity index (χ1n) is 6.97. The van der Waals surface area contributed by atoms with Crippen LogP contribution >= 0.6 is 0 Å². The molecule has 4 nitrogen and oxygen atoms in total. The third kappa shape index (κ3) is 2.63. The van der Waals surface area contributed by atoms with Crippen LogP contribution in [0.15, 0.2) is 60.7 Å². The number of fused-ring (bicyclic) bond motifs is 1. The van der Waals surface area contributed by atoms with E-state index in [1.807, 2.05) is 54.6 Å². The van der Waals surface area contributed by atoms with E-state index in [9.17, 15) is 4.79 Å². The summed E-state index contributed by atoms with van der Waals surface area (Å²) >= 11 is 0. The van der Waals surface area contributed by atoms with E-state index in [4.69, 9.17) is 4.74 Å². The number of ether oxygens (including phenoxy) is 1. The molecule has 0 bridgehead atoms. The molecule has 0 spiro atoms. The number of rotatable bonds is 3. The molecule has 22 heavy (non-hydrogen) atoms. The molecule has 3 aromatic rings. The number of pyridine rings is 1. The molecule has 0 radical (unpaired) electrons. The smallest absolute Gasteiger partial charge is 0.276 e. The van der Waals surface area contributed by atoms with E-state index in [-0.39, 0.29) is 5.91 Å². The summed E-state index contributed by atoms with van der Waals surface area (Å²) in [5.74, 6) is 0.638. The third-order valence-corrected chi connectivity index (χ3v) is 3.56. The van der Waals surface area contributed by atoms with E-state index in [1.165, 1.54) is 0 Å². The number of hydrogen-bond donors (Lipinski definition) is 0. The Kier molecular flexibility index (Phi) is 3.74. The lowest BCUT2D eigenvalue weighted by Crippen LogP contribution is -2.26. The van der Waals surface area contributed by atoms with Gasteiger partial charge in [-0.05, 0) is 36.4 Å². The zero-order valence-corrected chi connectivity index (χ0v) is 12.5. The van der Waals surface area contributed by atoms with E-state index in [0.717, 1.165) is 22.3 Å². The molecule has 0 unspecified atom stereocenters. The summed E-state index contributed by atoms with van der Waals surface area (Å²) in [6.07, 6.45) is 0. The lowest BCUT2D eigenvalue weighted by molar-refractivity contribution is 0.0988. The Bertz CT molecular complexity index is 816. The quantitative estimate of drug-likeness (QED) is 0.741. The van der Waals surface area contributed by atoms with Crippen molar-refractivity contribution < 1.29 is 9.53 Å². The second-order valence-electron chi connectivity index (χ2n) is 4.95. The molecule has 1 aromatic heterocycles. The zero-order valence-electron chi connectivity index (χ0n) is 12.5. The van der Waals surface area contributed by atoms with E-state index in [1.54, 1.807) is 25.1 Å². The molecule has 0 aliphatic carbocycles. The zero-order chi connectivity index (χ0) is 15.5. The van der Waals surface area contributed by atoms with Crippen LogP contribution in [0.3, 0.4) is 0 Å². The second-order valence-corrected chi connectivity index (χ2v) is 4.95. The van der Waals surface area contributed by atoms with Gasteiger partial charge < -0.3 is 9.64 Å². The summed E-state index contributed by atoms with van der Waals surface area (Å²) in [6, 6.07) is 18.7. The van der Waals surface area contributed by atoms with Gasteiger partial charge in [0.1, 0.15) is 11.4 Å². The van der Waals surface area contributed by atoms with Crippen molar-refractivity contribution in [3.63, 3.8) is 0 Å². The van der Waals surface area contributed by atoms with Gasteiger partial charge in [0.15, 0.2) is 0 Å². The number of anilines is 1. The highest BCUT2D eigenvalue weighted by Crippen LogP contribution is 2.21. The Labute approximate surface area is 129 Å². The molecule has 110 valence electrons. The SMILES string of the molecule is COc1ccc2nc(C(=O)N(C)c3ccccc3)ccc2c1. The standard InChI is InChI=1S/C18H16N2O2/c1-20(14-6-4-3-5-7-14)18(21)17-10-8-13-12-15(22-2)9-11-16(13)19-17/h3-12H,1-2H3. The van der Waals surface area contributed by atoms with Gasteiger partial charge in [-0.2, -0.15) is 0 Å². The van der Waals surface area contributed by atoms with Gasteiger partial charge in [0.2, 0.25) is 0 Å². The van der Waals surface area contributed by atoms with E-state index < -0.39 is 0 Å². The first-order valence-corrected chi connectivity index (χ1v) is 6.97. The number of methoxy groups -OCH3 is 1. The van der Waals surface area contributed by atoms with Crippen LogP contribution in [0.1, 0.15) is 10.5 Å². The van der Waals surface area contributed by atoms with Gasteiger partial charge in [0.25, 0.3) is 5.91 Å². The van der Waals surface area contributed by atoms with Crippen molar-refractivity contribution in [1.29, 1.82) is 0 Å². The minimum atomic E-state index is -0.135. The van der Waals surface area contributed by atoms with E-state index >= 15 is 0 Å². The number of amides is 1. The van der Waals surface area contributed by atoms with Crippen molar-refractivity contribution in [1.82, 2.24) is 4.98 Å². The Balaban J connectivity index is 1.94. The van der Waals surface area contributed by atoms with Crippen molar-refractivity contribution in [3.05, 3.63) is 66.4 Å². The largest absolute Gasteiger partial charge is 0.497 e. The molecular formula is C18H16N2O2. The summed E-state index contributed by atoms with van der Waals surface area (Å²) in [5, 5.41) is 0.943. The monoisotopic (exact) mass is 292 g/mol. The molecule has 0 atom stereocenters. The highest BCUT2D eigenvalue weighted by atomic mass is 16.5. The predicted molar refractivity (Wildman–Crippen MR) is 87.5 cm³/mol. The summed E-state index contributed by atoms with van der Waals surface area (Å²) in [4.78, 5) is 18.6. The van der Waals surface area contributed by atoms with Crippen molar-refractivity contribution in [2.45, 2.75) is 0 Å². The Morgan fingerprint density at radius 3 is 2.55 bits per heavy atom. The maximum atomic E-state index is 12.6. The molecule has 2 aromatic carbocycles. The lowest BCUT2D eigenvalue weighted by atomic mass is 10.2. The molecular weight excluding hydrogens is 276 g/mol. The Hall–Kier alpha value is -2.88. The van der Waals surface area contributed by atoms with Crippen molar-refractivity contribution >= 4 is 22.5 Å². The lowest BCUT2D eigenvalue weighted by Gasteiger charge is -2.17. The van der Waals surface area contributed by atoms with Crippen LogP contribution in [0.25, 0.3) is 10.9 Å². The number of carbonyl (C=O) groups is 1. The molecule has 0 N–H and O–H groups in total. The Morgan fingerprint density at radius 1 is 1.05 bits per heavy atom. The normalized spacial score (nSPS) is 10.5. The van der Waals surface area contributed by atoms with E-state index in [2.05, 4.69) is 4.98 Å². The van der Waals surface area contributed by atoms with Crippen LogP contribution in [0.4, 0.5) is 5.69 Å². The molecule has 0 saturated heterocycles. The van der Waals surface area contributed by atoms with Crippen molar-refractivity contribution in [3.8, 4) is 5.75 Å². The average Bonchev–Trinajstić information content (AvgIpc) is 2.60. The topological polar surface area (TPSA) is 42.4 Å². The van der Waals surface area contributed by atoms with Gasteiger partial charge in [0, 0.05) is 18.1 Å². The maximum absolute atomic E-state index is 12.6. The predicted octanol–water partition coefficient (Wildman–Crippen LogP) is 3.52. The minimum absolute atomic E-state index is 0.135. The summed E-state index contributed by atoms with van der Waals surface area (Å²) in [6.45, 7) is 0. The fourth-order valence-electron chi connectivity index (χ4n) is 2.29. The van der Waals surface area contributed by atoms with Gasteiger partial charge in [-0.3, -0.25) is 4.79 Å². The summed E-state index contributed by atoms with van der Waals surface area (Å²) in [5.41, 5.74) is 2.03. The van der Waals surface area contributed by atoms with Crippen LogP contribution in [0.2, 0.25) is 0 Å². The van der Waals surface area contributed by atoms with Gasteiger partial charge in [0.05, 0.1) is 12.6 Å². The molecule has 4 heteroatoms. The number of benzene rings is 2. The molecule has 0 aliphatic rings. The summed E-state index contributed by atoms with van der Waals surface area (Å²) in [7, 11) is 3.37. The fourth-order valence-corrected chi connectivity index (χ4v) is 2.29. The highest BCUT2D eigenvalue weighted by molar-refractivity contribution is 6.05. The first kappa shape index (κ1) is 14.1. The van der Waals surface area contributed by atoms with Gasteiger partial charge >= 0.3 is 0 Å². The molecule has 1 heterocycles. The number of aromatic nitrogens is 1. The molecule has 0 fully saturated rings. The average molecular weight is 292 g/mol.